The SMILES string of the molecule is COc1ccc(-n2nc(C(C)(C)C)c3c2N(CC(=O)N2CCCC2)C(=O)CS[C@@H]3c2ccccc2OC)cc1. The number of likely N-dealkylation sites (tertiary alicyclic amines) is 1. The van der Waals surface area contributed by atoms with Gasteiger partial charge in [0, 0.05) is 29.6 Å². The van der Waals surface area contributed by atoms with Crippen LogP contribution in [0.5, 0.6) is 11.5 Å². The van der Waals surface area contributed by atoms with Crippen molar-refractivity contribution in [2.24, 2.45) is 0 Å². The van der Waals surface area contributed by atoms with Gasteiger partial charge in [-0.2, -0.15) is 5.10 Å². The Bertz CT molecular complexity index is 1360. The lowest BCUT2D eigenvalue weighted by Gasteiger charge is -2.26. The Balaban J connectivity index is 1.76. The van der Waals surface area contributed by atoms with Crippen molar-refractivity contribution in [1.29, 1.82) is 0 Å². The summed E-state index contributed by atoms with van der Waals surface area (Å²) in [5.41, 5.74) is 3.25. The van der Waals surface area contributed by atoms with Gasteiger partial charge in [-0.1, -0.05) is 39.0 Å². The Morgan fingerprint density at radius 1 is 1.03 bits per heavy atom. The molecule has 1 saturated heterocycles. The average molecular weight is 549 g/mol. The molecule has 2 amide bonds. The first-order chi connectivity index (χ1) is 18.7. The molecule has 3 heterocycles. The zero-order chi connectivity index (χ0) is 27.7. The second-order valence-electron chi connectivity index (χ2n) is 10.9. The van der Waals surface area contributed by atoms with Crippen molar-refractivity contribution in [3.05, 3.63) is 65.4 Å². The van der Waals surface area contributed by atoms with Crippen molar-refractivity contribution in [2.75, 3.05) is 44.5 Å². The number of methoxy groups -OCH3 is 2. The topological polar surface area (TPSA) is 76.9 Å². The van der Waals surface area contributed by atoms with Crippen LogP contribution in [0.25, 0.3) is 5.69 Å². The van der Waals surface area contributed by atoms with Crippen LogP contribution in [0.1, 0.15) is 55.7 Å². The lowest BCUT2D eigenvalue weighted by atomic mass is 9.87. The molecule has 3 aromatic rings. The zero-order valence-electron chi connectivity index (χ0n) is 23.3. The fraction of sp³-hybridized carbons (Fsp3) is 0.433. The third-order valence-electron chi connectivity index (χ3n) is 7.29. The van der Waals surface area contributed by atoms with Gasteiger partial charge in [0.2, 0.25) is 11.8 Å². The summed E-state index contributed by atoms with van der Waals surface area (Å²) in [6, 6.07) is 15.6. The van der Waals surface area contributed by atoms with Gasteiger partial charge < -0.3 is 14.4 Å². The van der Waals surface area contributed by atoms with Crippen LogP contribution in [-0.2, 0) is 15.0 Å². The lowest BCUT2D eigenvalue weighted by Crippen LogP contribution is -2.43. The average Bonchev–Trinajstić information content (AvgIpc) is 3.59. The number of para-hydroxylation sites is 1. The molecule has 0 saturated carbocycles. The van der Waals surface area contributed by atoms with Crippen molar-refractivity contribution < 1.29 is 19.1 Å². The Hall–Kier alpha value is -3.46. The maximum atomic E-state index is 13.8. The van der Waals surface area contributed by atoms with E-state index in [1.807, 2.05) is 58.1 Å². The van der Waals surface area contributed by atoms with Crippen molar-refractivity contribution in [3.8, 4) is 17.2 Å². The number of thioether (sulfide) groups is 1. The van der Waals surface area contributed by atoms with Gasteiger partial charge >= 0.3 is 0 Å². The van der Waals surface area contributed by atoms with E-state index in [-0.39, 0.29) is 34.8 Å². The summed E-state index contributed by atoms with van der Waals surface area (Å²) in [7, 11) is 3.30. The largest absolute Gasteiger partial charge is 0.497 e. The minimum Gasteiger partial charge on any atom is -0.497 e. The number of hydrogen-bond acceptors (Lipinski definition) is 6. The number of amides is 2. The van der Waals surface area contributed by atoms with E-state index < -0.39 is 0 Å². The normalized spacial score (nSPS) is 17.7. The molecule has 39 heavy (non-hydrogen) atoms. The standard InChI is InChI=1S/C30H36N4O4S/c1-30(2,3)28-26-27(22-10-6-7-11-23(22)38-5)39-19-25(36)33(18-24(35)32-16-8-9-17-32)29(26)34(31-28)20-12-14-21(37-4)15-13-20/h6-7,10-15,27H,8-9,16-19H2,1-5H3/t27-/m1/s1. The van der Waals surface area contributed by atoms with Crippen LogP contribution in [-0.4, -0.2) is 66.1 Å². The molecule has 0 bridgehead atoms. The fourth-order valence-corrected chi connectivity index (χ4v) is 6.53. The molecule has 1 aromatic heterocycles. The molecule has 1 fully saturated rings. The number of nitrogens with zero attached hydrogens (tertiary/aromatic N) is 4. The van der Waals surface area contributed by atoms with Crippen molar-refractivity contribution >= 4 is 29.4 Å². The molecule has 0 radical (unpaired) electrons. The summed E-state index contributed by atoms with van der Waals surface area (Å²) in [6.07, 6.45) is 1.99. The van der Waals surface area contributed by atoms with Crippen LogP contribution in [0.2, 0.25) is 0 Å². The molecule has 0 aliphatic carbocycles. The summed E-state index contributed by atoms with van der Waals surface area (Å²) >= 11 is 1.56. The molecule has 2 aliphatic rings. The maximum absolute atomic E-state index is 13.8. The minimum absolute atomic E-state index is 0.0174. The molecule has 1 atom stereocenters. The Kier molecular flexibility index (Phi) is 7.62. The zero-order valence-corrected chi connectivity index (χ0v) is 24.1. The highest BCUT2D eigenvalue weighted by atomic mass is 32.2. The second kappa shape index (κ2) is 11.0. The number of aromatic nitrogens is 2. The van der Waals surface area contributed by atoms with E-state index in [2.05, 4.69) is 20.8 Å². The number of rotatable bonds is 6. The molecule has 0 N–H and O–H groups in total. The van der Waals surface area contributed by atoms with Crippen molar-refractivity contribution in [3.63, 3.8) is 0 Å². The van der Waals surface area contributed by atoms with Gasteiger partial charge in [0.1, 0.15) is 23.9 Å². The van der Waals surface area contributed by atoms with Gasteiger partial charge in [0.05, 0.1) is 36.6 Å². The van der Waals surface area contributed by atoms with E-state index in [0.717, 1.165) is 59.9 Å². The molecule has 0 spiro atoms. The lowest BCUT2D eigenvalue weighted by molar-refractivity contribution is -0.130. The first kappa shape index (κ1) is 27.1. The number of fused-ring (bicyclic) bond motifs is 1. The highest BCUT2D eigenvalue weighted by molar-refractivity contribution is 8.00. The molecule has 9 heteroatoms. The van der Waals surface area contributed by atoms with Crippen LogP contribution >= 0.6 is 11.8 Å². The van der Waals surface area contributed by atoms with Crippen LogP contribution in [0, 0.1) is 0 Å². The van der Waals surface area contributed by atoms with Crippen molar-refractivity contribution in [2.45, 2.75) is 44.3 Å². The van der Waals surface area contributed by atoms with Crippen LogP contribution in [0.4, 0.5) is 5.82 Å². The Morgan fingerprint density at radius 2 is 1.72 bits per heavy atom. The number of carbonyl (C=O) groups excluding carboxylic acids is 2. The van der Waals surface area contributed by atoms with Gasteiger partial charge in [0.25, 0.3) is 0 Å². The molecule has 5 rings (SSSR count). The Morgan fingerprint density at radius 3 is 2.36 bits per heavy atom. The maximum Gasteiger partial charge on any atom is 0.242 e. The predicted molar refractivity (Wildman–Crippen MR) is 154 cm³/mol. The minimum atomic E-state index is -0.333. The first-order valence-corrected chi connectivity index (χ1v) is 14.4. The van der Waals surface area contributed by atoms with Gasteiger partial charge in [-0.25, -0.2) is 4.68 Å². The number of carbonyl (C=O) groups is 2. The van der Waals surface area contributed by atoms with Crippen LogP contribution in [0.3, 0.4) is 0 Å². The predicted octanol–water partition coefficient (Wildman–Crippen LogP) is 4.98. The van der Waals surface area contributed by atoms with E-state index in [1.54, 1.807) is 30.9 Å². The van der Waals surface area contributed by atoms with Crippen molar-refractivity contribution in [1.82, 2.24) is 14.7 Å². The summed E-state index contributed by atoms with van der Waals surface area (Å²) in [6.45, 7) is 7.84. The molecule has 0 unspecified atom stereocenters. The van der Waals surface area contributed by atoms with E-state index in [1.165, 1.54) is 0 Å². The smallest absolute Gasteiger partial charge is 0.242 e. The van der Waals surface area contributed by atoms with E-state index in [0.29, 0.717) is 5.82 Å². The monoisotopic (exact) mass is 548 g/mol. The molecular weight excluding hydrogens is 512 g/mol. The van der Waals surface area contributed by atoms with E-state index >= 15 is 0 Å². The van der Waals surface area contributed by atoms with Crippen LogP contribution < -0.4 is 14.4 Å². The Labute approximate surface area is 234 Å². The van der Waals surface area contributed by atoms with E-state index in [9.17, 15) is 9.59 Å². The number of hydrogen-bond donors (Lipinski definition) is 0. The number of benzene rings is 2. The van der Waals surface area contributed by atoms with Gasteiger partial charge in [-0.05, 0) is 43.2 Å². The quantitative estimate of drug-likeness (QED) is 0.433. The van der Waals surface area contributed by atoms with Gasteiger partial charge in [0.15, 0.2) is 0 Å². The summed E-state index contributed by atoms with van der Waals surface area (Å²) in [4.78, 5) is 30.8. The first-order valence-electron chi connectivity index (χ1n) is 13.3. The number of anilines is 1. The molecule has 206 valence electrons. The third kappa shape index (κ3) is 5.24. The fourth-order valence-electron chi connectivity index (χ4n) is 5.31. The second-order valence-corrected chi connectivity index (χ2v) is 12.0. The van der Waals surface area contributed by atoms with Crippen LogP contribution in [0.15, 0.2) is 48.5 Å². The molecule has 2 aromatic carbocycles. The van der Waals surface area contributed by atoms with Gasteiger partial charge in [-0.3, -0.25) is 14.5 Å². The highest BCUT2D eigenvalue weighted by Gasteiger charge is 2.41. The highest BCUT2D eigenvalue weighted by Crippen LogP contribution is 2.50. The summed E-state index contributed by atoms with van der Waals surface area (Å²) in [5, 5.41) is 4.94. The summed E-state index contributed by atoms with van der Waals surface area (Å²) < 4.78 is 13.0. The third-order valence-corrected chi connectivity index (χ3v) is 8.53. The number of ether oxygens (including phenoxy) is 2. The summed E-state index contributed by atoms with van der Waals surface area (Å²) in [5.74, 6) is 2.22. The van der Waals surface area contributed by atoms with Gasteiger partial charge in [-0.15, -0.1) is 11.8 Å². The van der Waals surface area contributed by atoms with E-state index in [4.69, 9.17) is 14.6 Å². The molecular formula is C30H36N4O4S. The molecule has 2 aliphatic heterocycles. The molecule has 8 nitrogen and oxygen atoms in total.